The van der Waals surface area contributed by atoms with Gasteiger partial charge >= 0.3 is 0 Å². The molecule has 0 radical (unpaired) electrons. The number of oxazole rings is 1. The van der Waals surface area contributed by atoms with Gasteiger partial charge in [-0.3, -0.25) is 4.79 Å². The number of hydrogen-bond acceptors (Lipinski definition) is 4. The van der Waals surface area contributed by atoms with Crippen molar-refractivity contribution in [3.05, 3.63) is 35.0 Å². The van der Waals surface area contributed by atoms with Crippen LogP contribution in [-0.2, 0) is 0 Å². The van der Waals surface area contributed by atoms with Gasteiger partial charge in [-0.25, -0.2) is 0 Å². The third-order valence-corrected chi connectivity index (χ3v) is 2.42. The summed E-state index contributed by atoms with van der Waals surface area (Å²) in [6.45, 7) is 1.39. The number of hydrogen-bond donors (Lipinski definition) is 1. The van der Waals surface area contributed by atoms with Gasteiger partial charge < -0.3 is 10.2 Å². The van der Waals surface area contributed by atoms with Crippen LogP contribution in [0, 0.1) is 0 Å². The first-order valence-electron chi connectivity index (χ1n) is 4.61. The second-order valence-electron chi connectivity index (χ2n) is 3.27. The monoisotopic (exact) mass is 236 g/mol. The van der Waals surface area contributed by atoms with E-state index in [4.69, 9.17) is 21.8 Å². The Morgan fingerprint density at radius 1 is 1.44 bits per heavy atom. The maximum atomic E-state index is 11.3. The van der Waals surface area contributed by atoms with E-state index >= 15 is 0 Å². The standard InChI is InChI=1S/C11H9ClN2O2/c1-6(15)10-9(14-11(13)16-10)7-4-2-3-5-8(7)12/h2-5H,1H3,(H2,13,14). The van der Waals surface area contributed by atoms with Gasteiger partial charge in [-0.05, 0) is 6.07 Å². The van der Waals surface area contributed by atoms with Gasteiger partial charge in [0.2, 0.25) is 0 Å². The predicted octanol–water partition coefficient (Wildman–Crippen LogP) is 2.78. The zero-order valence-corrected chi connectivity index (χ0v) is 9.28. The highest BCUT2D eigenvalue weighted by Crippen LogP contribution is 2.30. The minimum atomic E-state index is -0.237. The quantitative estimate of drug-likeness (QED) is 0.814. The van der Waals surface area contributed by atoms with Crippen molar-refractivity contribution >= 4 is 23.4 Å². The number of ketones is 1. The summed E-state index contributed by atoms with van der Waals surface area (Å²) in [4.78, 5) is 15.3. The van der Waals surface area contributed by atoms with Crippen LogP contribution >= 0.6 is 11.6 Å². The summed E-state index contributed by atoms with van der Waals surface area (Å²) in [6.07, 6.45) is 0. The average molecular weight is 237 g/mol. The summed E-state index contributed by atoms with van der Waals surface area (Å²) in [5.41, 5.74) is 6.45. The zero-order valence-electron chi connectivity index (χ0n) is 8.53. The summed E-state index contributed by atoms with van der Waals surface area (Å²) >= 11 is 6.01. The van der Waals surface area contributed by atoms with Crippen LogP contribution in [-0.4, -0.2) is 10.8 Å². The molecule has 1 aromatic carbocycles. The number of aromatic nitrogens is 1. The van der Waals surface area contributed by atoms with E-state index in [1.807, 2.05) is 0 Å². The molecule has 0 amide bonds. The highest BCUT2D eigenvalue weighted by Gasteiger charge is 2.18. The molecule has 16 heavy (non-hydrogen) atoms. The molecule has 0 atom stereocenters. The lowest BCUT2D eigenvalue weighted by Gasteiger charge is -2.00. The van der Waals surface area contributed by atoms with Crippen molar-refractivity contribution in [3.63, 3.8) is 0 Å². The molecule has 0 bridgehead atoms. The van der Waals surface area contributed by atoms with Crippen LogP contribution in [0.25, 0.3) is 11.3 Å². The Balaban J connectivity index is 2.64. The van der Waals surface area contributed by atoms with Crippen LogP contribution in [0.3, 0.4) is 0 Å². The number of Topliss-reactive ketones (excluding diaryl/α,β-unsaturated/α-hetero) is 1. The molecule has 0 spiro atoms. The van der Waals surface area contributed by atoms with Crippen LogP contribution in [0.2, 0.25) is 5.02 Å². The van der Waals surface area contributed by atoms with Crippen LogP contribution in [0.5, 0.6) is 0 Å². The van der Waals surface area contributed by atoms with Gasteiger partial charge in [-0.2, -0.15) is 4.98 Å². The molecular weight excluding hydrogens is 228 g/mol. The predicted molar refractivity (Wildman–Crippen MR) is 61.4 cm³/mol. The van der Waals surface area contributed by atoms with Crippen molar-refractivity contribution in [2.45, 2.75) is 6.92 Å². The van der Waals surface area contributed by atoms with Crippen molar-refractivity contribution in [1.29, 1.82) is 0 Å². The summed E-state index contributed by atoms with van der Waals surface area (Å²) < 4.78 is 5.04. The summed E-state index contributed by atoms with van der Waals surface area (Å²) in [6, 6.07) is 7.02. The Morgan fingerprint density at radius 3 is 2.75 bits per heavy atom. The number of nitrogens with zero attached hydrogens (tertiary/aromatic N) is 1. The van der Waals surface area contributed by atoms with Crippen LogP contribution < -0.4 is 5.73 Å². The molecule has 0 aliphatic rings. The fourth-order valence-electron chi connectivity index (χ4n) is 1.41. The number of carbonyl (C=O) groups is 1. The van der Waals surface area contributed by atoms with E-state index in [0.717, 1.165) is 0 Å². The molecule has 0 fully saturated rings. The van der Waals surface area contributed by atoms with Crippen molar-refractivity contribution in [1.82, 2.24) is 4.98 Å². The smallest absolute Gasteiger partial charge is 0.293 e. The van der Waals surface area contributed by atoms with Crippen LogP contribution in [0.15, 0.2) is 28.7 Å². The number of anilines is 1. The molecule has 1 heterocycles. The van der Waals surface area contributed by atoms with Gasteiger partial charge in [0, 0.05) is 12.5 Å². The SMILES string of the molecule is CC(=O)c1oc(N)nc1-c1ccccc1Cl. The van der Waals surface area contributed by atoms with Gasteiger partial charge in [-0.1, -0.05) is 29.8 Å². The largest absolute Gasteiger partial charge is 0.420 e. The molecule has 2 aromatic rings. The summed E-state index contributed by atoms with van der Waals surface area (Å²) in [5.74, 6) is -0.107. The third-order valence-electron chi connectivity index (χ3n) is 2.09. The normalized spacial score (nSPS) is 10.4. The Morgan fingerprint density at radius 2 is 2.12 bits per heavy atom. The lowest BCUT2D eigenvalue weighted by Crippen LogP contribution is -1.93. The zero-order chi connectivity index (χ0) is 11.7. The van der Waals surface area contributed by atoms with Gasteiger partial charge in [0.1, 0.15) is 5.69 Å². The first kappa shape index (κ1) is 10.7. The van der Waals surface area contributed by atoms with Crippen molar-refractivity contribution in [2.24, 2.45) is 0 Å². The molecule has 0 aliphatic heterocycles. The molecular formula is C11H9ClN2O2. The fourth-order valence-corrected chi connectivity index (χ4v) is 1.64. The number of carbonyl (C=O) groups excluding carboxylic acids is 1. The Hall–Kier alpha value is -1.81. The lowest BCUT2D eigenvalue weighted by atomic mass is 10.1. The molecule has 0 aliphatic carbocycles. The number of halogens is 1. The maximum Gasteiger partial charge on any atom is 0.293 e. The number of rotatable bonds is 2. The van der Waals surface area contributed by atoms with E-state index in [2.05, 4.69) is 4.98 Å². The van der Waals surface area contributed by atoms with E-state index in [0.29, 0.717) is 16.3 Å². The molecule has 82 valence electrons. The maximum absolute atomic E-state index is 11.3. The van der Waals surface area contributed by atoms with Crippen LogP contribution in [0.1, 0.15) is 17.5 Å². The first-order chi connectivity index (χ1) is 7.59. The molecule has 0 unspecified atom stereocenters. The number of nitrogen functional groups attached to an aromatic ring is 1. The molecule has 1 aromatic heterocycles. The first-order valence-corrected chi connectivity index (χ1v) is 4.99. The Kier molecular flexibility index (Phi) is 2.66. The fraction of sp³-hybridized carbons (Fsp3) is 0.0909. The lowest BCUT2D eigenvalue weighted by molar-refractivity contribution is 0.0989. The molecule has 4 nitrogen and oxygen atoms in total. The Bertz CT molecular complexity index is 549. The minimum absolute atomic E-state index is 0.0416. The Labute approximate surface area is 97.0 Å². The second kappa shape index (κ2) is 3.98. The molecule has 2 N–H and O–H groups in total. The number of nitrogens with two attached hydrogens (primary N) is 1. The van der Waals surface area contributed by atoms with Crippen molar-refractivity contribution in [3.8, 4) is 11.3 Å². The molecule has 5 heteroatoms. The van der Waals surface area contributed by atoms with E-state index in [1.165, 1.54) is 6.92 Å². The van der Waals surface area contributed by atoms with Crippen molar-refractivity contribution < 1.29 is 9.21 Å². The minimum Gasteiger partial charge on any atom is -0.420 e. The average Bonchev–Trinajstić information content (AvgIpc) is 2.61. The van der Waals surface area contributed by atoms with Crippen molar-refractivity contribution in [2.75, 3.05) is 5.73 Å². The third kappa shape index (κ3) is 1.79. The van der Waals surface area contributed by atoms with Crippen LogP contribution in [0.4, 0.5) is 6.01 Å². The highest BCUT2D eigenvalue weighted by molar-refractivity contribution is 6.33. The topological polar surface area (TPSA) is 69.1 Å². The molecule has 0 saturated carbocycles. The molecule has 2 rings (SSSR count). The van der Waals surface area contributed by atoms with Gasteiger partial charge in [0.15, 0.2) is 11.5 Å². The van der Waals surface area contributed by atoms with Gasteiger partial charge in [0.25, 0.3) is 6.01 Å². The van der Waals surface area contributed by atoms with E-state index in [9.17, 15) is 4.79 Å². The van der Waals surface area contributed by atoms with E-state index in [-0.39, 0.29) is 17.6 Å². The second-order valence-corrected chi connectivity index (χ2v) is 3.67. The van der Waals surface area contributed by atoms with E-state index < -0.39 is 0 Å². The van der Waals surface area contributed by atoms with E-state index in [1.54, 1.807) is 24.3 Å². The number of benzene rings is 1. The summed E-state index contributed by atoms with van der Waals surface area (Å²) in [7, 11) is 0. The molecule has 0 saturated heterocycles. The van der Waals surface area contributed by atoms with Gasteiger partial charge in [0.05, 0.1) is 5.02 Å². The van der Waals surface area contributed by atoms with Gasteiger partial charge in [-0.15, -0.1) is 0 Å². The summed E-state index contributed by atoms with van der Waals surface area (Å²) in [5, 5.41) is 0.498. The highest BCUT2D eigenvalue weighted by atomic mass is 35.5.